The van der Waals surface area contributed by atoms with Crippen molar-refractivity contribution in [1.29, 1.82) is 0 Å². The van der Waals surface area contributed by atoms with Crippen LogP contribution in [0.1, 0.15) is 47.2 Å². The third-order valence-corrected chi connectivity index (χ3v) is 2.85. The predicted molar refractivity (Wildman–Crippen MR) is 68.0 cm³/mol. The number of nitrogens with zero attached hydrogens (tertiary/aromatic N) is 1. The summed E-state index contributed by atoms with van der Waals surface area (Å²) in [5, 5.41) is 20.4. The number of hydrogen-bond donors (Lipinski definition) is 4. The fraction of sp³-hybridized carbons (Fsp3) is 0.583. The maximum atomic E-state index is 11.8. The Morgan fingerprint density at radius 3 is 2.79 bits per heavy atom. The molecular formula is C12H19N3O4. The molecule has 0 bridgehead atoms. The quantitative estimate of drug-likeness (QED) is 0.552. The number of hydrogen-bond acceptors (Lipinski definition) is 4. The SMILES string of the molecule is CCCC(CCO)CNC(=O)c1nc[nH]c1C(=O)O. The third kappa shape index (κ3) is 4.36. The van der Waals surface area contributed by atoms with Crippen molar-refractivity contribution < 1.29 is 19.8 Å². The first kappa shape index (κ1) is 15.2. The van der Waals surface area contributed by atoms with E-state index >= 15 is 0 Å². The molecule has 1 aromatic rings. The zero-order valence-corrected chi connectivity index (χ0v) is 10.8. The molecule has 0 aliphatic rings. The van der Waals surface area contributed by atoms with Gasteiger partial charge in [-0.15, -0.1) is 0 Å². The number of aliphatic hydroxyl groups excluding tert-OH is 1. The smallest absolute Gasteiger partial charge is 0.354 e. The van der Waals surface area contributed by atoms with Gasteiger partial charge in [0, 0.05) is 13.2 Å². The normalized spacial score (nSPS) is 12.1. The highest BCUT2D eigenvalue weighted by Crippen LogP contribution is 2.10. The van der Waals surface area contributed by atoms with E-state index < -0.39 is 11.9 Å². The number of rotatable bonds is 8. The molecule has 0 aromatic carbocycles. The zero-order valence-electron chi connectivity index (χ0n) is 10.8. The first-order valence-electron chi connectivity index (χ1n) is 6.25. The number of carboxylic acid groups (broad SMARTS) is 1. The van der Waals surface area contributed by atoms with E-state index in [9.17, 15) is 9.59 Å². The summed E-state index contributed by atoms with van der Waals surface area (Å²) in [5.41, 5.74) is -0.335. The van der Waals surface area contributed by atoms with Crippen LogP contribution in [0, 0.1) is 5.92 Å². The van der Waals surface area contributed by atoms with Gasteiger partial charge < -0.3 is 20.5 Å². The standard InChI is InChI=1S/C12H19N3O4/c1-2-3-8(4-5-16)6-13-11(17)9-10(12(18)19)15-7-14-9/h7-8,16H,2-6H2,1H3,(H,13,17)(H,14,15)(H,18,19). The van der Waals surface area contributed by atoms with E-state index in [2.05, 4.69) is 15.3 Å². The van der Waals surface area contributed by atoms with Crippen LogP contribution >= 0.6 is 0 Å². The summed E-state index contributed by atoms with van der Waals surface area (Å²) in [4.78, 5) is 28.8. The van der Waals surface area contributed by atoms with E-state index in [0.29, 0.717) is 13.0 Å². The number of aromatic nitrogens is 2. The molecule has 0 fully saturated rings. The van der Waals surface area contributed by atoms with Gasteiger partial charge in [0.05, 0.1) is 6.33 Å². The number of aromatic carboxylic acids is 1. The Morgan fingerprint density at radius 2 is 2.21 bits per heavy atom. The van der Waals surface area contributed by atoms with Gasteiger partial charge in [0.1, 0.15) is 0 Å². The summed E-state index contributed by atoms with van der Waals surface area (Å²) in [6, 6.07) is 0. The summed E-state index contributed by atoms with van der Waals surface area (Å²) in [7, 11) is 0. The Bertz CT molecular complexity index is 424. The molecule has 0 aliphatic heterocycles. The van der Waals surface area contributed by atoms with Gasteiger partial charge in [-0.2, -0.15) is 0 Å². The fourth-order valence-electron chi connectivity index (χ4n) is 1.89. The molecule has 1 heterocycles. The highest BCUT2D eigenvalue weighted by Gasteiger charge is 2.20. The van der Waals surface area contributed by atoms with Crippen LogP contribution < -0.4 is 5.32 Å². The number of carboxylic acids is 1. The molecule has 0 saturated carbocycles. The van der Waals surface area contributed by atoms with Crippen molar-refractivity contribution >= 4 is 11.9 Å². The summed E-state index contributed by atoms with van der Waals surface area (Å²) in [6.07, 6.45) is 3.65. The van der Waals surface area contributed by atoms with Gasteiger partial charge in [-0.1, -0.05) is 13.3 Å². The van der Waals surface area contributed by atoms with E-state index in [4.69, 9.17) is 10.2 Å². The lowest BCUT2D eigenvalue weighted by molar-refractivity contribution is 0.0685. The Labute approximate surface area is 111 Å². The molecule has 19 heavy (non-hydrogen) atoms. The van der Waals surface area contributed by atoms with Crippen molar-refractivity contribution in [3.05, 3.63) is 17.7 Å². The number of carbonyl (C=O) groups excluding carboxylic acids is 1. The van der Waals surface area contributed by atoms with Crippen molar-refractivity contribution in [1.82, 2.24) is 15.3 Å². The second kappa shape index (κ2) is 7.52. The number of amides is 1. The monoisotopic (exact) mass is 269 g/mol. The van der Waals surface area contributed by atoms with Crippen LogP contribution in [0.2, 0.25) is 0 Å². The summed E-state index contributed by atoms with van der Waals surface area (Å²) >= 11 is 0. The third-order valence-electron chi connectivity index (χ3n) is 2.85. The second-order valence-electron chi connectivity index (χ2n) is 4.31. The average Bonchev–Trinajstić information content (AvgIpc) is 2.85. The molecule has 1 aromatic heterocycles. The first-order chi connectivity index (χ1) is 9.10. The zero-order chi connectivity index (χ0) is 14.3. The van der Waals surface area contributed by atoms with Crippen molar-refractivity contribution in [2.24, 2.45) is 5.92 Å². The van der Waals surface area contributed by atoms with E-state index in [1.165, 1.54) is 6.33 Å². The molecule has 1 amide bonds. The van der Waals surface area contributed by atoms with Gasteiger partial charge in [-0.3, -0.25) is 4.79 Å². The second-order valence-corrected chi connectivity index (χ2v) is 4.31. The molecule has 7 heteroatoms. The minimum Gasteiger partial charge on any atom is -0.477 e. The predicted octanol–water partition coefficient (Wildman–Crippen LogP) is 0.636. The van der Waals surface area contributed by atoms with Gasteiger partial charge in [-0.05, 0) is 18.8 Å². The van der Waals surface area contributed by atoms with Crippen LogP contribution in [0.5, 0.6) is 0 Å². The first-order valence-corrected chi connectivity index (χ1v) is 6.25. The van der Waals surface area contributed by atoms with Crippen LogP contribution in [0.25, 0.3) is 0 Å². The Hall–Kier alpha value is -1.89. The average molecular weight is 269 g/mol. The maximum Gasteiger partial charge on any atom is 0.354 e. The molecule has 1 rings (SSSR count). The van der Waals surface area contributed by atoms with E-state index in [1.54, 1.807) is 0 Å². The van der Waals surface area contributed by atoms with Crippen LogP contribution in [-0.4, -0.2) is 45.2 Å². The van der Waals surface area contributed by atoms with Crippen molar-refractivity contribution in [3.63, 3.8) is 0 Å². The fourth-order valence-corrected chi connectivity index (χ4v) is 1.89. The number of nitrogens with one attached hydrogen (secondary N) is 2. The Kier molecular flexibility index (Phi) is 6.01. The van der Waals surface area contributed by atoms with Crippen LogP contribution in [0.3, 0.4) is 0 Å². The van der Waals surface area contributed by atoms with E-state index in [-0.39, 0.29) is 23.9 Å². The highest BCUT2D eigenvalue weighted by molar-refractivity contribution is 6.02. The van der Waals surface area contributed by atoms with Crippen molar-refractivity contribution in [3.8, 4) is 0 Å². The molecule has 0 aliphatic carbocycles. The number of H-pyrrole nitrogens is 1. The van der Waals surface area contributed by atoms with Gasteiger partial charge in [0.15, 0.2) is 11.4 Å². The molecule has 0 saturated heterocycles. The number of aliphatic hydroxyl groups is 1. The Morgan fingerprint density at radius 1 is 1.47 bits per heavy atom. The number of imidazole rings is 1. The molecule has 0 spiro atoms. The van der Waals surface area contributed by atoms with Crippen LogP contribution in [0.4, 0.5) is 0 Å². The lowest BCUT2D eigenvalue weighted by atomic mass is 10.0. The molecular weight excluding hydrogens is 250 g/mol. The van der Waals surface area contributed by atoms with Gasteiger partial charge in [0.2, 0.25) is 0 Å². The summed E-state index contributed by atoms with van der Waals surface area (Å²) in [5.74, 6) is -1.55. The molecule has 4 N–H and O–H groups in total. The summed E-state index contributed by atoms with van der Waals surface area (Å²) < 4.78 is 0. The molecule has 0 radical (unpaired) electrons. The minimum absolute atomic E-state index is 0.0727. The molecule has 1 unspecified atom stereocenters. The van der Waals surface area contributed by atoms with E-state index in [0.717, 1.165) is 12.8 Å². The Balaban J connectivity index is 2.59. The summed E-state index contributed by atoms with van der Waals surface area (Å²) in [6.45, 7) is 2.50. The van der Waals surface area contributed by atoms with Crippen molar-refractivity contribution in [2.75, 3.05) is 13.2 Å². The number of aromatic amines is 1. The van der Waals surface area contributed by atoms with Gasteiger partial charge >= 0.3 is 5.97 Å². The van der Waals surface area contributed by atoms with Gasteiger partial charge in [-0.25, -0.2) is 9.78 Å². The largest absolute Gasteiger partial charge is 0.477 e. The van der Waals surface area contributed by atoms with Crippen LogP contribution in [0.15, 0.2) is 6.33 Å². The van der Waals surface area contributed by atoms with Crippen molar-refractivity contribution in [2.45, 2.75) is 26.2 Å². The topological polar surface area (TPSA) is 115 Å². The van der Waals surface area contributed by atoms with Crippen LogP contribution in [-0.2, 0) is 0 Å². The van der Waals surface area contributed by atoms with E-state index in [1.807, 2.05) is 6.92 Å². The highest BCUT2D eigenvalue weighted by atomic mass is 16.4. The maximum absolute atomic E-state index is 11.8. The molecule has 106 valence electrons. The lowest BCUT2D eigenvalue weighted by Gasteiger charge is -2.15. The molecule has 7 nitrogen and oxygen atoms in total. The lowest BCUT2D eigenvalue weighted by Crippen LogP contribution is -2.31. The minimum atomic E-state index is -1.22. The molecule has 1 atom stereocenters. The number of carbonyl (C=O) groups is 2. The van der Waals surface area contributed by atoms with Gasteiger partial charge in [0.25, 0.3) is 5.91 Å².